The SMILES string of the molecule is CC(C)CC(O)C(C)(O)c1ccc(O)cc1. The number of aliphatic hydroxyl groups is 2. The summed E-state index contributed by atoms with van der Waals surface area (Å²) >= 11 is 0. The van der Waals surface area contributed by atoms with Crippen LogP contribution in [0.5, 0.6) is 5.75 Å². The van der Waals surface area contributed by atoms with E-state index in [4.69, 9.17) is 5.11 Å². The molecule has 0 aliphatic carbocycles. The molecule has 0 aliphatic heterocycles. The van der Waals surface area contributed by atoms with Crippen LogP contribution in [-0.4, -0.2) is 21.4 Å². The van der Waals surface area contributed by atoms with Crippen molar-refractivity contribution < 1.29 is 15.3 Å². The quantitative estimate of drug-likeness (QED) is 0.733. The van der Waals surface area contributed by atoms with Crippen molar-refractivity contribution in [2.24, 2.45) is 5.92 Å². The fourth-order valence-electron chi connectivity index (χ4n) is 1.67. The Morgan fingerprint density at radius 3 is 2.12 bits per heavy atom. The second-order valence-corrected chi connectivity index (χ2v) is 4.84. The molecule has 0 bridgehead atoms. The van der Waals surface area contributed by atoms with Gasteiger partial charge in [0.2, 0.25) is 0 Å². The molecule has 3 nitrogen and oxygen atoms in total. The molecule has 0 fully saturated rings. The predicted molar refractivity (Wildman–Crippen MR) is 63.1 cm³/mol. The summed E-state index contributed by atoms with van der Waals surface area (Å²) in [5.74, 6) is 0.469. The zero-order chi connectivity index (χ0) is 12.3. The lowest BCUT2D eigenvalue weighted by Crippen LogP contribution is -2.37. The molecule has 1 rings (SSSR count). The fourth-order valence-corrected chi connectivity index (χ4v) is 1.67. The number of benzene rings is 1. The third-order valence-corrected chi connectivity index (χ3v) is 2.80. The zero-order valence-electron chi connectivity index (χ0n) is 10.0. The first-order valence-corrected chi connectivity index (χ1v) is 5.54. The second-order valence-electron chi connectivity index (χ2n) is 4.84. The molecule has 3 heteroatoms. The Labute approximate surface area is 96.4 Å². The van der Waals surface area contributed by atoms with E-state index in [1.165, 1.54) is 12.1 Å². The average molecular weight is 224 g/mol. The van der Waals surface area contributed by atoms with Crippen molar-refractivity contribution in [2.75, 3.05) is 0 Å². The summed E-state index contributed by atoms with van der Waals surface area (Å²) < 4.78 is 0. The van der Waals surface area contributed by atoms with E-state index >= 15 is 0 Å². The van der Waals surface area contributed by atoms with Crippen molar-refractivity contribution >= 4 is 0 Å². The lowest BCUT2D eigenvalue weighted by Gasteiger charge is -2.30. The van der Waals surface area contributed by atoms with Crippen LogP contribution in [-0.2, 0) is 5.60 Å². The molecular formula is C13H20O3. The van der Waals surface area contributed by atoms with Gasteiger partial charge in [0, 0.05) is 0 Å². The molecular weight excluding hydrogens is 204 g/mol. The van der Waals surface area contributed by atoms with Crippen LogP contribution in [0, 0.1) is 5.92 Å². The summed E-state index contributed by atoms with van der Waals surface area (Å²) in [6, 6.07) is 6.26. The highest BCUT2D eigenvalue weighted by Gasteiger charge is 2.32. The lowest BCUT2D eigenvalue weighted by molar-refractivity contribution is -0.0748. The Morgan fingerprint density at radius 1 is 1.19 bits per heavy atom. The highest BCUT2D eigenvalue weighted by atomic mass is 16.3. The van der Waals surface area contributed by atoms with Crippen molar-refractivity contribution in [1.29, 1.82) is 0 Å². The molecule has 0 aromatic heterocycles. The number of phenolic OH excluding ortho intramolecular Hbond substituents is 1. The van der Waals surface area contributed by atoms with Crippen LogP contribution >= 0.6 is 0 Å². The maximum absolute atomic E-state index is 10.3. The van der Waals surface area contributed by atoms with Crippen molar-refractivity contribution in [2.45, 2.75) is 38.9 Å². The lowest BCUT2D eigenvalue weighted by atomic mass is 9.86. The molecule has 1 aromatic carbocycles. The zero-order valence-corrected chi connectivity index (χ0v) is 10.0. The van der Waals surface area contributed by atoms with Gasteiger partial charge in [-0.2, -0.15) is 0 Å². The molecule has 90 valence electrons. The molecule has 0 aliphatic rings. The van der Waals surface area contributed by atoms with E-state index in [0.717, 1.165) is 0 Å². The van der Waals surface area contributed by atoms with E-state index in [-0.39, 0.29) is 5.75 Å². The number of rotatable bonds is 4. The highest BCUT2D eigenvalue weighted by Crippen LogP contribution is 2.29. The van der Waals surface area contributed by atoms with Crippen molar-refractivity contribution in [3.05, 3.63) is 29.8 Å². The molecule has 16 heavy (non-hydrogen) atoms. The first kappa shape index (κ1) is 13.0. The Morgan fingerprint density at radius 2 is 1.69 bits per heavy atom. The van der Waals surface area contributed by atoms with Gasteiger partial charge < -0.3 is 15.3 Å². The smallest absolute Gasteiger partial charge is 0.115 e. The van der Waals surface area contributed by atoms with Gasteiger partial charge in [0.15, 0.2) is 0 Å². The number of hydrogen-bond donors (Lipinski definition) is 3. The summed E-state index contributed by atoms with van der Waals surface area (Å²) in [4.78, 5) is 0. The number of hydrogen-bond acceptors (Lipinski definition) is 3. The van der Waals surface area contributed by atoms with Gasteiger partial charge in [0.05, 0.1) is 6.10 Å². The molecule has 0 saturated carbocycles. The monoisotopic (exact) mass is 224 g/mol. The standard InChI is InChI=1S/C13H20O3/c1-9(2)8-12(15)13(3,16)10-4-6-11(14)7-5-10/h4-7,9,12,14-16H,8H2,1-3H3. The summed E-state index contributed by atoms with van der Waals surface area (Å²) in [5.41, 5.74) is -0.670. The maximum Gasteiger partial charge on any atom is 0.115 e. The minimum atomic E-state index is -1.28. The van der Waals surface area contributed by atoms with Gasteiger partial charge in [-0.1, -0.05) is 26.0 Å². The normalized spacial score (nSPS) is 17.1. The molecule has 1 aromatic rings. The van der Waals surface area contributed by atoms with Crippen molar-refractivity contribution in [3.8, 4) is 5.75 Å². The van der Waals surface area contributed by atoms with E-state index in [9.17, 15) is 10.2 Å². The van der Waals surface area contributed by atoms with Crippen LogP contribution in [0.15, 0.2) is 24.3 Å². The van der Waals surface area contributed by atoms with Crippen LogP contribution in [0.4, 0.5) is 0 Å². The van der Waals surface area contributed by atoms with Gasteiger partial charge in [-0.15, -0.1) is 0 Å². The third kappa shape index (κ3) is 2.97. The van der Waals surface area contributed by atoms with E-state index in [2.05, 4.69) is 0 Å². The summed E-state index contributed by atoms with van der Waals surface area (Å²) in [6.07, 6.45) is -0.273. The summed E-state index contributed by atoms with van der Waals surface area (Å²) in [6.45, 7) is 5.58. The molecule has 0 spiro atoms. The Kier molecular flexibility index (Phi) is 3.94. The molecule has 0 radical (unpaired) electrons. The number of aromatic hydroxyl groups is 1. The van der Waals surface area contributed by atoms with Gasteiger partial charge in [-0.3, -0.25) is 0 Å². The third-order valence-electron chi connectivity index (χ3n) is 2.80. The largest absolute Gasteiger partial charge is 0.508 e. The van der Waals surface area contributed by atoms with E-state index in [0.29, 0.717) is 17.9 Å². The van der Waals surface area contributed by atoms with Gasteiger partial charge in [-0.05, 0) is 37.0 Å². The second kappa shape index (κ2) is 4.85. The minimum absolute atomic E-state index is 0.151. The molecule has 0 amide bonds. The van der Waals surface area contributed by atoms with Crippen LogP contribution in [0.2, 0.25) is 0 Å². The highest BCUT2D eigenvalue weighted by molar-refractivity contribution is 5.30. The molecule has 0 heterocycles. The topological polar surface area (TPSA) is 60.7 Å². The fraction of sp³-hybridized carbons (Fsp3) is 0.538. The number of aliphatic hydroxyl groups excluding tert-OH is 1. The van der Waals surface area contributed by atoms with Gasteiger partial charge in [0.1, 0.15) is 11.4 Å². The predicted octanol–water partition coefficient (Wildman–Crippen LogP) is 2.01. The van der Waals surface area contributed by atoms with Gasteiger partial charge in [-0.25, -0.2) is 0 Å². The minimum Gasteiger partial charge on any atom is -0.508 e. The maximum atomic E-state index is 10.3. The Bertz CT molecular complexity index is 328. The van der Waals surface area contributed by atoms with Crippen LogP contribution in [0.1, 0.15) is 32.8 Å². The number of phenols is 1. The van der Waals surface area contributed by atoms with Gasteiger partial charge in [0.25, 0.3) is 0 Å². The van der Waals surface area contributed by atoms with E-state index < -0.39 is 11.7 Å². The first-order valence-electron chi connectivity index (χ1n) is 5.54. The first-order chi connectivity index (χ1) is 7.34. The van der Waals surface area contributed by atoms with Crippen molar-refractivity contribution in [3.63, 3.8) is 0 Å². The summed E-state index contributed by atoms with van der Waals surface area (Å²) in [5, 5.41) is 29.4. The Hall–Kier alpha value is -1.06. The molecule has 0 saturated heterocycles. The summed E-state index contributed by atoms with van der Waals surface area (Å²) in [7, 11) is 0. The van der Waals surface area contributed by atoms with Crippen LogP contribution < -0.4 is 0 Å². The van der Waals surface area contributed by atoms with Crippen molar-refractivity contribution in [1.82, 2.24) is 0 Å². The average Bonchev–Trinajstić information content (AvgIpc) is 2.17. The van der Waals surface area contributed by atoms with Gasteiger partial charge >= 0.3 is 0 Å². The van der Waals surface area contributed by atoms with Crippen LogP contribution in [0.25, 0.3) is 0 Å². The van der Waals surface area contributed by atoms with E-state index in [1.807, 2.05) is 13.8 Å². The molecule has 3 N–H and O–H groups in total. The molecule has 2 unspecified atom stereocenters. The van der Waals surface area contributed by atoms with Crippen LogP contribution in [0.3, 0.4) is 0 Å². The van der Waals surface area contributed by atoms with E-state index in [1.54, 1.807) is 19.1 Å². The molecule has 2 atom stereocenters. The Balaban J connectivity index is 2.87.